The molecule has 0 aliphatic heterocycles. The zero-order valence-corrected chi connectivity index (χ0v) is 14.0. The van der Waals surface area contributed by atoms with E-state index in [2.05, 4.69) is 12.8 Å². The Hall–Kier alpha value is -0.980. The first-order chi connectivity index (χ1) is 10.1. The van der Waals surface area contributed by atoms with Crippen LogP contribution in [-0.4, -0.2) is 18.5 Å². The Morgan fingerprint density at radius 2 is 2.33 bits per heavy atom. The number of alkyl halides is 1. The molecule has 1 aliphatic rings. The Morgan fingerprint density at radius 3 is 3.00 bits per heavy atom. The summed E-state index contributed by atoms with van der Waals surface area (Å²) in [5, 5.41) is 0.204. The summed E-state index contributed by atoms with van der Waals surface area (Å²) >= 11 is 7.95. The minimum atomic E-state index is -0.260. The normalized spacial score (nSPS) is 28.3. The van der Waals surface area contributed by atoms with E-state index < -0.39 is 0 Å². The monoisotopic (exact) mass is 324 g/mol. The fourth-order valence-corrected chi connectivity index (χ4v) is 4.74. The van der Waals surface area contributed by atoms with Gasteiger partial charge in [-0.2, -0.15) is 0 Å². The second kappa shape index (κ2) is 7.33. The number of ether oxygens (including phenoxy) is 1. The molecule has 1 heterocycles. The van der Waals surface area contributed by atoms with Crippen molar-refractivity contribution in [3.63, 3.8) is 0 Å². The van der Waals surface area contributed by atoms with E-state index in [0.717, 1.165) is 25.7 Å². The maximum Gasteiger partial charge on any atom is 0.348 e. The Balaban J connectivity index is 1.85. The van der Waals surface area contributed by atoms with Gasteiger partial charge in [-0.25, -0.2) is 4.79 Å². The van der Waals surface area contributed by atoms with Gasteiger partial charge in [0, 0.05) is 16.2 Å². The zero-order chi connectivity index (χ0) is 15.4. The van der Waals surface area contributed by atoms with Crippen LogP contribution in [0.1, 0.15) is 40.7 Å². The lowest BCUT2D eigenvalue weighted by Crippen LogP contribution is -2.15. The van der Waals surface area contributed by atoms with Crippen LogP contribution in [0, 0.1) is 30.1 Å². The van der Waals surface area contributed by atoms with E-state index in [1.807, 2.05) is 12.1 Å². The summed E-state index contributed by atoms with van der Waals surface area (Å²) in [6.45, 7) is 2.20. The van der Waals surface area contributed by atoms with Gasteiger partial charge in [0.1, 0.15) is 4.88 Å². The first kappa shape index (κ1) is 16.4. The van der Waals surface area contributed by atoms with Gasteiger partial charge in [-0.1, -0.05) is 6.92 Å². The molecule has 0 saturated heterocycles. The standard InChI is InChI=1S/C17H21ClO2S/c1-4-13-11(2)10-15(18)14(13)7-5-6-12-8-9-16(21-12)17(19)20-3/h1,8-9,11,13-15H,5-7,10H2,2-3H3/t11-,13+,14-,15-/m1/s1. The number of carbonyl (C=O) groups excluding carboxylic acids is 1. The predicted octanol–water partition coefficient (Wildman–Crippen LogP) is 4.37. The van der Waals surface area contributed by atoms with E-state index in [9.17, 15) is 4.79 Å². The van der Waals surface area contributed by atoms with Crippen LogP contribution in [0.2, 0.25) is 0 Å². The van der Waals surface area contributed by atoms with Crippen molar-refractivity contribution in [2.75, 3.05) is 7.11 Å². The molecule has 4 heteroatoms. The Morgan fingerprint density at radius 1 is 1.57 bits per heavy atom. The fraction of sp³-hybridized carbons (Fsp3) is 0.588. The first-order valence-electron chi connectivity index (χ1n) is 7.34. The smallest absolute Gasteiger partial charge is 0.348 e. The number of terminal acetylenes is 1. The van der Waals surface area contributed by atoms with E-state index in [4.69, 9.17) is 22.8 Å². The molecule has 0 bridgehead atoms. The lowest BCUT2D eigenvalue weighted by Gasteiger charge is -2.18. The molecular formula is C17H21ClO2S. The molecule has 4 atom stereocenters. The van der Waals surface area contributed by atoms with E-state index >= 15 is 0 Å². The highest BCUT2D eigenvalue weighted by Gasteiger charge is 2.38. The summed E-state index contributed by atoms with van der Waals surface area (Å²) in [6, 6.07) is 3.84. The number of hydrogen-bond acceptors (Lipinski definition) is 3. The highest BCUT2D eigenvalue weighted by molar-refractivity contribution is 7.13. The molecule has 0 unspecified atom stereocenters. The number of halogens is 1. The first-order valence-corrected chi connectivity index (χ1v) is 8.59. The molecule has 1 aromatic heterocycles. The third kappa shape index (κ3) is 3.81. The average Bonchev–Trinajstić information content (AvgIpc) is 3.03. The van der Waals surface area contributed by atoms with Crippen LogP contribution in [0.3, 0.4) is 0 Å². The number of thiophene rings is 1. The lowest BCUT2D eigenvalue weighted by molar-refractivity contribution is 0.0606. The van der Waals surface area contributed by atoms with Crippen molar-refractivity contribution < 1.29 is 9.53 Å². The van der Waals surface area contributed by atoms with Gasteiger partial charge < -0.3 is 4.74 Å². The van der Waals surface area contributed by atoms with Crippen molar-refractivity contribution >= 4 is 28.9 Å². The largest absolute Gasteiger partial charge is 0.465 e. The molecule has 1 saturated carbocycles. The zero-order valence-electron chi connectivity index (χ0n) is 12.5. The van der Waals surface area contributed by atoms with Crippen LogP contribution in [0.25, 0.3) is 0 Å². The quantitative estimate of drug-likeness (QED) is 0.456. The molecule has 0 N–H and O–H groups in total. The highest BCUT2D eigenvalue weighted by atomic mass is 35.5. The highest BCUT2D eigenvalue weighted by Crippen LogP contribution is 2.42. The lowest BCUT2D eigenvalue weighted by atomic mass is 9.87. The fourth-order valence-electron chi connectivity index (χ4n) is 3.21. The second-order valence-electron chi connectivity index (χ2n) is 5.74. The van der Waals surface area contributed by atoms with Crippen LogP contribution >= 0.6 is 22.9 Å². The molecule has 1 aromatic rings. The predicted molar refractivity (Wildman–Crippen MR) is 87.8 cm³/mol. The molecule has 0 amide bonds. The molecule has 2 rings (SSSR count). The minimum absolute atomic E-state index is 0.204. The maximum atomic E-state index is 11.4. The number of hydrogen-bond donors (Lipinski definition) is 0. The average molecular weight is 325 g/mol. The van der Waals surface area contributed by atoms with E-state index in [1.165, 1.54) is 23.3 Å². The van der Waals surface area contributed by atoms with Crippen LogP contribution in [0.5, 0.6) is 0 Å². The minimum Gasteiger partial charge on any atom is -0.465 e. The van der Waals surface area contributed by atoms with Gasteiger partial charge in [-0.3, -0.25) is 0 Å². The second-order valence-corrected chi connectivity index (χ2v) is 7.46. The summed E-state index contributed by atoms with van der Waals surface area (Å²) in [5.41, 5.74) is 0. The molecule has 1 aliphatic carbocycles. The number of methoxy groups -OCH3 is 1. The van der Waals surface area contributed by atoms with Crippen molar-refractivity contribution in [2.45, 2.75) is 38.0 Å². The summed E-state index contributed by atoms with van der Waals surface area (Å²) in [6.07, 6.45) is 9.75. The van der Waals surface area contributed by atoms with Gasteiger partial charge in [0.2, 0.25) is 0 Å². The van der Waals surface area contributed by atoms with Gasteiger partial charge in [0.05, 0.1) is 7.11 Å². The van der Waals surface area contributed by atoms with Crippen LogP contribution in [-0.2, 0) is 11.2 Å². The molecule has 114 valence electrons. The third-order valence-corrected chi connectivity index (χ3v) is 5.96. The molecule has 21 heavy (non-hydrogen) atoms. The summed E-state index contributed by atoms with van der Waals surface area (Å²) in [7, 11) is 1.41. The summed E-state index contributed by atoms with van der Waals surface area (Å²) in [5.74, 6) is 3.92. The van der Waals surface area contributed by atoms with Crippen LogP contribution < -0.4 is 0 Å². The molecule has 2 nitrogen and oxygen atoms in total. The van der Waals surface area contributed by atoms with Gasteiger partial charge in [-0.15, -0.1) is 35.3 Å². The number of aryl methyl sites for hydroxylation is 1. The number of esters is 1. The Bertz CT molecular complexity index is 531. The van der Waals surface area contributed by atoms with Gasteiger partial charge >= 0.3 is 5.97 Å². The van der Waals surface area contributed by atoms with E-state index in [1.54, 1.807) is 0 Å². The van der Waals surface area contributed by atoms with Crippen LogP contribution in [0.15, 0.2) is 12.1 Å². The van der Waals surface area contributed by atoms with Crippen molar-refractivity contribution in [2.24, 2.45) is 17.8 Å². The van der Waals surface area contributed by atoms with Gasteiger partial charge in [0.25, 0.3) is 0 Å². The molecule has 1 fully saturated rings. The third-order valence-electron chi connectivity index (χ3n) is 4.34. The number of rotatable bonds is 5. The van der Waals surface area contributed by atoms with Crippen molar-refractivity contribution in [1.82, 2.24) is 0 Å². The SMILES string of the molecule is C#C[C@@H]1[C@@H](CCCc2ccc(C(=O)OC)s2)[C@H](Cl)C[C@H]1C. The van der Waals surface area contributed by atoms with Crippen molar-refractivity contribution in [3.8, 4) is 12.3 Å². The molecule has 0 aromatic carbocycles. The topological polar surface area (TPSA) is 26.3 Å². The number of carbonyl (C=O) groups is 1. The summed E-state index contributed by atoms with van der Waals surface area (Å²) < 4.78 is 4.72. The molecule has 0 spiro atoms. The van der Waals surface area contributed by atoms with Crippen molar-refractivity contribution in [3.05, 3.63) is 21.9 Å². The molecular weight excluding hydrogens is 304 g/mol. The molecule has 0 radical (unpaired) electrons. The van der Waals surface area contributed by atoms with Crippen LogP contribution in [0.4, 0.5) is 0 Å². The maximum absolute atomic E-state index is 11.4. The van der Waals surface area contributed by atoms with E-state index in [0.29, 0.717) is 22.6 Å². The summed E-state index contributed by atoms with van der Waals surface area (Å²) in [4.78, 5) is 13.3. The Labute approximate surface area is 135 Å². The van der Waals surface area contributed by atoms with E-state index in [-0.39, 0.29) is 11.3 Å². The Kier molecular flexibility index (Phi) is 5.72. The van der Waals surface area contributed by atoms with Gasteiger partial charge in [0.15, 0.2) is 0 Å². The van der Waals surface area contributed by atoms with Gasteiger partial charge in [-0.05, 0) is 49.7 Å². The van der Waals surface area contributed by atoms with Crippen molar-refractivity contribution in [1.29, 1.82) is 0 Å².